The van der Waals surface area contributed by atoms with Crippen LogP contribution in [-0.4, -0.2) is 11.9 Å². The van der Waals surface area contributed by atoms with Gasteiger partial charge in [0.2, 0.25) is 0 Å². The summed E-state index contributed by atoms with van der Waals surface area (Å²) in [7, 11) is 0. The molecular formula is C14H12N2O2. The molecule has 0 unspecified atom stereocenters. The van der Waals surface area contributed by atoms with Crippen LogP contribution < -0.4 is 11.1 Å². The summed E-state index contributed by atoms with van der Waals surface area (Å²) >= 11 is 0. The molecule has 3 N–H and O–H groups in total. The molecule has 0 aromatic heterocycles. The number of primary amides is 1. The molecule has 0 spiro atoms. The Hall–Kier alpha value is -2.62. The lowest BCUT2D eigenvalue weighted by Gasteiger charge is -2.04. The van der Waals surface area contributed by atoms with E-state index in [1.54, 1.807) is 12.1 Å². The van der Waals surface area contributed by atoms with Gasteiger partial charge in [-0.25, -0.2) is 4.79 Å². The highest BCUT2D eigenvalue weighted by Crippen LogP contribution is 2.19. The van der Waals surface area contributed by atoms with Gasteiger partial charge in [0.05, 0.1) is 0 Å². The number of hydrogen-bond donors (Lipinski definition) is 2. The molecule has 2 aromatic carbocycles. The first-order chi connectivity index (χ1) is 8.66. The van der Waals surface area contributed by atoms with Gasteiger partial charge in [0.1, 0.15) is 0 Å². The van der Waals surface area contributed by atoms with Crippen LogP contribution in [-0.2, 0) is 0 Å². The van der Waals surface area contributed by atoms with E-state index in [1.807, 2.05) is 47.8 Å². The first kappa shape index (κ1) is 11.9. The van der Waals surface area contributed by atoms with Gasteiger partial charge in [-0.1, -0.05) is 42.5 Å². The molecule has 2 rings (SSSR count). The van der Waals surface area contributed by atoms with Crippen LogP contribution in [0.5, 0.6) is 0 Å². The van der Waals surface area contributed by atoms with Crippen LogP contribution in [0.1, 0.15) is 10.4 Å². The highest BCUT2D eigenvalue weighted by Gasteiger charge is 2.07. The number of carbonyl (C=O) groups excluding carboxylic acids is 2. The molecule has 4 nitrogen and oxygen atoms in total. The third kappa shape index (κ3) is 2.74. The Labute approximate surface area is 104 Å². The topological polar surface area (TPSA) is 72.2 Å². The summed E-state index contributed by atoms with van der Waals surface area (Å²) in [6.45, 7) is 0. The monoisotopic (exact) mass is 240 g/mol. The number of rotatable bonds is 2. The second-order valence-electron chi connectivity index (χ2n) is 3.76. The van der Waals surface area contributed by atoms with E-state index >= 15 is 0 Å². The zero-order valence-corrected chi connectivity index (χ0v) is 9.59. The third-order valence-electron chi connectivity index (χ3n) is 2.49. The van der Waals surface area contributed by atoms with Gasteiger partial charge in [-0.3, -0.25) is 10.1 Å². The van der Waals surface area contributed by atoms with Gasteiger partial charge in [-0.05, 0) is 23.3 Å². The molecule has 0 aliphatic heterocycles. The van der Waals surface area contributed by atoms with E-state index in [1.165, 1.54) is 0 Å². The molecule has 90 valence electrons. The Bertz CT molecular complexity index is 562. The molecule has 2 aromatic rings. The quantitative estimate of drug-likeness (QED) is 0.844. The molecule has 0 saturated carbocycles. The Kier molecular flexibility index (Phi) is 3.38. The molecule has 0 heterocycles. The van der Waals surface area contributed by atoms with Crippen LogP contribution in [0.4, 0.5) is 4.79 Å². The summed E-state index contributed by atoms with van der Waals surface area (Å²) in [5.74, 6) is -0.498. The lowest BCUT2D eigenvalue weighted by Crippen LogP contribution is -2.34. The van der Waals surface area contributed by atoms with E-state index in [0.29, 0.717) is 5.56 Å². The van der Waals surface area contributed by atoms with Crippen LogP contribution in [0.2, 0.25) is 0 Å². The van der Waals surface area contributed by atoms with Gasteiger partial charge in [0.25, 0.3) is 5.91 Å². The molecular weight excluding hydrogens is 228 g/mol. The van der Waals surface area contributed by atoms with E-state index in [9.17, 15) is 9.59 Å². The van der Waals surface area contributed by atoms with Gasteiger partial charge in [-0.15, -0.1) is 0 Å². The Morgan fingerprint density at radius 1 is 0.833 bits per heavy atom. The van der Waals surface area contributed by atoms with E-state index in [-0.39, 0.29) is 0 Å². The average Bonchev–Trinajstić information content (AvgIpc) is 2.39. The van der Waals surface area contributed by atoms with Crippen molar-refractivity contribution in [3.8, 4) is 11.1 Å². The van der Waals surface area contributed by atoms with Crippen LogP contribution in [0.15, 0.2) is 54.6 Å². The maximum atomic E-state index is 11.5. The summed E-state index contributed by atoms with van der Waals surface area (Å²) in [5.41, 5.74) is 7.35. The number of imide groups is 1. The molecule has 0 aliphatic carbocycles. The number of carbonyl (C=O) groups is 2. The zero-order valence-electron chi connectivity index (χ0n) is 9.59. The normalized spacial score (nSPS) is 9.78. The molecule has 0 saturated heterocycles. The van der Waals surface area contributed by atoms with Crippen molar-refractivity contribution < 1.29 is 9.59 Å². The molecule has 3 amide bonds. The lowest BCUT2D eigenvalue weighted by molar-refractivity contribution is 0.0966. The molecule has 18 heavy (non-hydrogen) atoms. The third-order valence-corrected chi connectivity index (χ3v) is 2.49. The second kappa shape index (κ2) is 5.14. The van der Waals surface area contributed by atoms with Crippen LogP contribution in [0.3, 0.4) is 0 Å². The minimum atomic E-state index is -0.855. The maximum Gasteiger partial charge on any atom is 0.319 e. The molecule has 0 bridgehead atoms. The summed E-state index contributed by atoms with van der Waals surface area (Å²) in [6.07, 6.45) is 0. The minimum Gasteiger partial charge on any atom is -0.351 e. The zero-order chi connectivity index (χ0) is 13.0. The van der Waals surface area contributed by atoms with E-state index in [0.717, 1.165) is 11.1 Å². The van der Waals surface area contributed by atoms with Crippen molar-refractivity contribution in [3.05, 3.63) is 60.2 Å². The fourth-order valence-corrected chi connectivity index (χ4v) is 1.63. The second-order valence-corrected chi connectivity index (χ2v) is 3.76. The average molecular weight is 240 g/mol. The standard InChI is InChI=1S/C14H12N2O2/c15-14(18)16-13(17)12-8-6-11(7-9-12)10-4-2-1-3-5-10/h1-9H,(H3,15,16,17,18). The van der Waals surface area contributed by atoms with E-state index < -0.39 is 11.9 Å². The molecule has 0 atom stereocenters. The van der Waals surface area contributed by atoms with E-state index in [4.69, 9.17) is 5.73 Å². The molecule has 4 heteroatoms. The van der Waals surface area contributed by atoms with Crippen molar-refractivity contribution in [2.75, 3.05) is 0 Å². The van der Waals surface area contributed by atoms with Crippen molar-refractivity contribution in [1.82, 2.24) is 5.32 Å². The van der Waals surface area contributed by atoms with Crippen molar-refractivity contribution in [2.45, 2.75) is 0 Å². The Morgan fingerprint density at radius 3 is 1.94 bits per heavy atom. The first-order valence-electron chi connectivity index (χ1n) is 5.43. The number of nitrogens with two attached hydrogens (primary N) is 1. The highest BCUT2D eigenvalue weighted by atomic mass is 16.2. The van der Waals surface area contributed by atoms with Gasteiger partial charge >= 0.3 is 6.03 Å². The van der Waals surface area contributed by atoms with Gasteiger partial charge < -0.3 is 5.73 Å². The van der Waals surface area contributed by atoms with Gasteiger partial charge in [-0.2, -0.15) is 0 Å². The summed E-state index contributed by atoms with van der Waals surface area (Å²) < 4.78 is 0. The number of hydrogen-bond acceptors (Lipinski definition) is 2. The molecule has 0 fully saturated rings. The molecule has 0 radical (unpaired) electrons. The van der Waals surface area contributed by atoms with Gasteiger partial charge in [0, 0.05) is 5.56 Å². The Morgan fingerprint density at radius 2 is 1.39 bits per heavy atom. The van der Waals surface area contributed by atoms with Crippen LogP contribution in [0, 0.1) is 0 Å². The van der Waals surface area contributed by atoms with Crippen molar-refractivity contribution >= 4 is 11.9 Å². The van der Waals surface area contributed by atoms with Crippen LogP contribution in [0.25, 0.3) is 11.1 Å². The first-order valence-corrected chi connectivity index (χ1v) is 5.43. The number of nitrogens with one attached hydrogen (secondary N) is 1. The number of amides is 3. The van der Waals surface area contributed by atoms with Crippen molar-refractivity contribution in [3.63, 3.8) is 0 Å². The fraction of sp³-hybridized carbons (Fsp3) is 0. The van der Waals surface area contributed by atoms with Gasteiger partial charge in [0.15, 0.2) is 0 Å². The van der Waals surface area contributed by atoms with E-state index in [2.05, 4.69) is 0 Å². The van der Waals surface area contributed by atoms with Crippen molar-refractivity contribution in [2.24, 2.45) is 5.73 Å². The predicted molar refractivity (Wildman–Crippen MR) is 68.9 cm³/mol. The maximum absolute atomic E-state index is 11.5. The fourth-order valence-electron chi connectivity index (χ4n) is 1.63. The lowest BCUT2D eigenvalue weighted by atomic mass is 10.0. The van der Waals surface area contributed by atoms with Crippen molar-refractivity contribution in [1.29, 1.82) is 0 Å². The Balaban J connectivity index is 2.20. The summed E-state index contributed by atoms with van der Waals surface area (Å²) in [5, 5.41) is 2.02. The summed E-state index contributed by atoms with van der Waals surface area (Å²) in [4.78, 5) is 22.1. The number of urea groups is 1. The summed E-state index contributed by atoms with van der Waals surface area (Å²) in [6, 6.07) is 15.9. The highest BCUT2D eigenvalue weighted by molar-refractivity contribution is 6.03. The smallest absolute Gasteiger partial charge is 0.319 e. The van der Waals surface area contributed by atoms with Crippen LogP contribution >= 0.6 is 0 Å². The molecule has 0 aliphatic rings. The largest absolute Gasteiger partial charge is 0.351 e. The minimum absolute atomic E-state index is 0.397. The predicted octanol–water partition coefficient (Wildman–Crippen LogP) is 2.16. The number of benzene rings is 2. The SMILES string of the molecule is NC(=O)NC(=O)c1ccc(-c2ccccc2)cc1.